The van der Waals surface area contributed by atoms with Gasteiger partial charge in [0, 0.05) is 28.7 Å². The Balaban J connectivity index is 1.95. The molecule has 4 heteroatoms. The topological polar surface area (TPSA) is 34.1 Å². The average Bonchev–Trinajstić information content (AvgIpc) is 2.35. The minimum Gasteiger partial charge on any atom is -0.384 e. The maximum absolute atomic E-state index is 13.8. The zero-order valence-electron chi connectivity index (χ0n) is 11.2. The van der Waals surface area contributed by atoms with Crippen LogP contribution in [0, 0.1) is 18.2 Å². The number of hydrogen-bond acceptors (Lipinski definition) is 3. The number of hydrogen-bond donors (Lipinski definition) is 1. The molecule has 0 saturated carbocycles. The number of para-hydroxylation sites is 1. The predicted octanol–water partition coefficient (Wildman–Crippen LogP) is 3.13. The summed E-state index contributed by atoms with van der Waals surface area (Å²) < 4.78 is 19.0. The maximum atomic E-state index is 13.8. The second-order valence-corrected chi connectivity index (χ2v) is 5.60. The predicted molar refractivity (Wildman–Crippen MR) is 73.9 cm³/mol. The summed E-state index contributed by atoms with van der Waals surface area (Å²) in [4.78, 5) is 4.27. The molecule has 3 nitrogen and oxygen atoms in total. The molecule has 2 heterocycles. The minimum absolute atomic E-state index is 0.177. The van der Waals surface area contributed by atoms with E-state index in [0.29, 0.717) is 5.52 Å². The Labute approximate surface area is 111 Å². The molecular weight excluding hydrogens is 243 g/mol. The van der Waals surface area contributed by atoms with Gasteiger partial charge in [-0.3, -0.25) is 0 Å². The van der Waals surface area contributed by atoms with Crippen molar-refractivity contribution in [3.05, 3.63) is 35.8 Å². The highest BCUT2D eigenvalue weighted by molar-refractivity contribution is 5.91. The molecule has 100 valence electrons. The van der Waals surface area contributed by atoms with Crippen LogP contribution in [-0.4, -0.2) is 24.7 Å². The number of aryl methyl sites for hydroxylation is 1. The fraction of sp³-hybridized carbons (Fsp3) is 0.400. The first-order chi connectivity index (χ1) is 9.07. The average molecular weight is 260 g/mol. The summed E-state index contributed by atoms with van der Waals surface area (Å²) in [6.07, 6.45) is 0. The van der Waals surface area contributed by atoms with Gasteiger partial charge in [-0.1, -0.05) is 19.1 Å². The number of halogens is 1. The fourth-order valence-corrected chi connectivity index (χ4v) is 2.35. The zero-order valence-corrected chi connectivity index (χ0v) is 11.2. The van der Waals surface area contributed by atoms with Crippen LogP contribution in [0.15, 0.2) is 24.3 Å². The number of benzene rings is 1. The van der Waals surface area contributed by atoms with Crippen LogP contribution in [-0.2, 0) is 4.74 Å². The molecule has 0 unspecified atom stereocenters. The summed E-state index contributed by atoms with van der Waals surface area (Å²) in [7, 11) is 0. The number of ether oxygens (including phenoxy) is 1. The highest BCUT2D eigenvalue weighted by Gasteiger charge is 2.33. The van der Waals surface area contributed by atoms with Crippen LogP contribution in [0.1, 0.15) is 12.6 Å². The summed E-state index contributed by atoms with van der Waals surface area (Å²) in [5.74, 6) is -0.276. The third kappa shape index (κ3) is 2.28. The van der Waals surface area contributed by atoms with Crippen molar-refractivity contribution in [2.75, 3.05) is 25.1 Å². The first kappa shape index (κ1) is 12.4. The molecule has 2 aromatic rings. The van der Waals surface area contributed by atoms with E-state index in [0.717, 1.165) is 36.5 Å². The molecule has 0 amide bonds. The van der Waals surface area contributed by atoms with E-state index in [1.807, 2.05) is 19.1 Å². The van der Waals surface area contributed by atoms with Gasteiger partial charge in [-0.25, -0.2) is 9.37 Å². The maximum Gasteiger partial charge on any atom is 0.149 e. The number of nitrogens with one attached hydrogen (secondary N) is 1. The highest BCUT2D eigenvalue weighted by atomic mass is 19.1. The van der Waals surface area contributed by atoms with Gasteiger partial charge < -0.3 is 10.1 Å². The molecule has 1 N–H and O–H groups in total. The van der Waals surface area contributed by atoms with E-state index in [2.05, 4.69) is 17.2 Å². The lowest BCUT2D eigenvalue weighted by atomic mass is 9.88. The van der Waals surface area contributed by atoms with Gasteiger partial charge in [0.1, 0.15) is 11.3 Å². The Hall–Kier alpha value is -1.68. The van der Waals surface area contributed by atoms with Crippen molar-refractivity contribution in [3.8, 4) is 0 Å². The van der Waals surface area contributed by atoms with Crippen molar-refractivity contribution in [2.24, 2.45) is 5.41 Å². The first-order valence-electron chi connectivity index (χ1n) is 6.45. The second-order valence-electron chi connectivity index (χ2n) is 5.60. The van der Waals surface area contributed by atoms with Gasteiger partial charge in [0.15, 0.2) is 0 Å². The molecular formula is C15H17FN2O. The van der Waals surface area contributed by atoms with E-state index in [4.69, 9.17) is 4.74 Å². The Bertz CT molecular complexity index is 623. The third-order valence-corrected chi connectivity index (χ3v) is 3.53. The standard InChI is InChI=1S/C15H17FN2O/c1-10-6-13(17-7-15(2)8-19-9-15)11-4-3-5-12(16)14(11)18-10/h3-6H,7-9H2,1-2H3,(H,17,18). The van der Waals surface area contributed by atoms with Crippen molar-refractivity contribution < 1.29 is 9.13 Å². The quantitative estimate of drug-likeness (QED) is 0.920. The number of rotatable bonds is 3. The normalized spacial score (nSPS) is 17.2. The lowest BCUT2D eigenvalue weighted by Crippen LogP contribution is -2.45. The molecule has 1 aromatic heterocycles. The molecule has 0 radical (unpaired) electrons. The van der Waals surface area contributed by atoms with E-state index in [1.54, 1.807) is 6.07 Å². The van der Waals surface area contributed by atoms with Crippen molar-refractivity contribution >= 4 is 16.6 Å². The van der Waals surface area contributed by atoms with E-state index >= 15 is 0 Å². The van der Waals surface area contributed by atoms with Gasteiger partial charge in [0.2, 0.25) is 0 Å². The van der Waals surface area contributed by atoms with Gasteiger partial charge in [-0.2, -0.15) is 0 Å². The van der Waals surface area contributed by atoms with Gasteiger partial charge in [-0.15, -0.1) is 0 Å². The van der Waals surface area contributed by atoms with Crippen LogP contribution >= 0.6 is 0 Å². The van der Waals surface area contributed by atoms with Gasteiger partial charge in [0.05, 0.1) is 13.2 Å². The molecule has 1 fully saturated rings. The monoisotopic (exact) mass is 260 g/mol. The van der Waals surface area contributed by atoms with Crippen molar-refractivity contribution in [1.29, 1.82) is 0 Å². The number of fused-ring (bicyclic) bond motifs is 1. The highest BCUT2D eigenvalue weighted by Crippen LogP contribution is 2.29. The lowest BCUT2D eigenvalue weighted by molar-refractivity contribution is -0.0924. The Morgan fingerprint density at radius 2 is 2.21 bits per heavy atom. The van der Waals surface area contributed by atoms with E-state index < -0.39 is 0 Å². The molecule has 1 saturated heterocycles. The third-order valence-electron chi connectivity index (χ3n) is 3.53. The molecule has 0 atom stereocenters. The van der Waals surface area contributed by atoms with Crippen LogP contribution < -0.4 is 5.32 Å². The van der Waals surface area contributed by atoms with Gasteiger partial charge >= 0.3 is 0 Å². The number of nitrogens with zero attached hydrogens (tertiary/aromatic N) is 1. The fourth-order valence-electron chi connectivity index (χ4n) is 2.35. The molecule has 0 aliphatic carbocycles. The van der Waals surface area contributed by atoms with Crippen molar-refractivity contribution in [2.45, 2.75) is 13.8 Å². The SMILES string of the molecule is Cc1cc(NCC2(C)COC2)c2cccc(F)c2n1. The van der Waals surface area contributed by atoms with Crippen LogP contribution in [0.3, 0.4) is 0 Å². The van der Waals surface area contributed by atoms with E-state index in [9.17, 15) is 4.39 Å². The summed E-state index contributed by atoms with van der Waals surface area (Å²) in [6.45, 7) is 6.43. The number of anilines is 1. The largest absolute Gasteiger partial charge is 0.384 e. The zero-order chi connectivity index (χ0) is 13.5. The second kappa shape index (κ2) is 4.46. The Kier molecular flexibility index (Phi) is 2.90. The Morgan fingerprint density at radius 1 is 1.42 bits per heavy atom. The molecule has 19 heavy (non-hydrogen) atoms. The van der Waals surface area contributed by atoms with Crippen molar-refractivity contribution in [3.63, 3.8) is 0 Å². The van der Waals surface area contributed by atoms with Crippen LogP contribution in [0.5, 0.6) is 0 Å². The van der Waals surface area contributed by atoms with Crippen LogP contribution in [0.25, 0.3) is 10.9 Å². The summed E-state index contributed by atoms with van der Waals surface area (Å²) in [6, 6.07) is 7.02. The smallest absolute Gasteiger partial charge is 0.149 e. The molecule has 3 rings (SSSR count). The van der Waals surface area contributed by atoms with Gasteiger partial charge in [0.25, 0.3) is 0 Å². The van der Waals surface area contributed by atoms with Crippen LogP contribution in [0.2, 0.25) is 0 Å². The van der Waals surface area contributed by atoms with Crippen molar-refractivity contribution in [1.82, 2.24) is 4.98 Å². The van der Waals surface area contributed by atoms with Gasteiger partial charge in [-0.05, 0) is 19.1 Å². The Morgan fingerprint density at radius 3 is 2.89 bits per heavy atom. The molecule has 1 aliphatic heterocycles. The molecule has 1 aromatic carbocycles. The number of aromatic nitrogens is 1. The van der Waals surface area contributed by atoms with Crippen LogP contribution in [0.4, 0.5) is 10.1 Å². The summed E-state index contributed by atoms with van der Waals surface area (Å²) in [5, 5.41) is 4.24. The molecule has 0 bridgehead atoms. The first-order valence-corrected chi connectivity index (χ1v) is 6.45. The lowest BCUT2D eigenvalue weighted by Gasteiger charge is -2.38. The van der Waals surface area contributed by atoms with E-state index in [1.165, 1.54) is 6.07 Å². The minimum atomic E-state index is -0.276. The summed E-state index contributed by atoms with van der Waals surface area (Å²) in [5.41, 5.74) is 2.36. The summed E-state index contributed by atoms with van der Waals surface area (Å²) >= 11 is 0. The molecule has 1 aliphatic rings. The van der Waals surface area contributed by atoms with E-state index in [-0.39, 0.29) is 11.2 Å². The molecule has 0 spiro atoms. The number of pyridine rings is 1.